The fraction of sp³-hybridized carbons (Fsp3) is 0.385. The molecule has 0 spiro atoms. The van der Waals surface area contributed by atoms with E-state index in [9.17, 15) is 4.79 Å². The van der Waals surface area contributed by atoms with Crippen molar-refractivity contribution in [2.45, 2.75) is 12.8 Å². The lowest BCUT2D eigenvalue weighted by molar-refractivity contribution is -0.120. The summed E-state index contributed by atoms with van der Waals surface area (Å²) < 4.78 is 0. The molecule has 3 rings (SSSR count). The molecular formula is C13H16N6O. The van der Waals surface area contributed by atoms with E-state index in [1.165, 1.54) is 0 Å². The standard InChI is InChI=1S/C13H16N6O/c20-13(10-4-2-6-14-8-10)15-11-5-1-3-9(7-11)12-16-18-19-17-12/h1,3,5,7,10,14H,2,4,6,8H2,(H,15,20)(H,16,17,18,19)/t10-/m0/s1. The van der Waals surface area contributed by atoms with Crippen molar-refractivity contribution in [2.75, 3.05) is 18.4 Å². The first-order valence-corrected chi connectivity index (χ1v) is 6.68. The molecule has 0 bridgehead atoms. The Labute approximate surface area is 116 Å². The highest BCUT2D eigenvalue weighted by molar-refractivity contribution is 5.93. The monoisotopic (exact) mass is 272 g/mol. The first-order chi connectivity index (χ1) is 9.83. The summed E-state index contributed by atoms with van der Waals surface area (Å²) in [6.07, 6.45) is 1.98. The Balaban J connectivity index is 1.71. The lowest BCUT2D eigenvalue weighted by Crippen LogP contribution is -2.37. The quantitative estimate of drug-likeness (QED) is 0.768. The van der Waals surface area contributed by atoms with Crippen LogP contribution in [0.1, 0.15) is 12.8 Å². The number of hydrogen-bond acceptors (Lipinski definition) is 5. The number of benzene rings is 1. The average Bonchev–Trinajstić information content (AvgIpc) is 3.03. The number of aromatic amines is 1. The van der Waals surface area contributed by atoms with E-state index < -0.39 is 0 Å². The fourth-order valence-corrected chi connectivity index (χ4v) is 2.34. The van der Waals surface area contributed by atoms with Crippen molar-refractivity contribution in [3.05, 3.63) is 24.3 Å². The Morgan fingerprint density at radius 2 is 2.35 bits per heavy atom. The summed E-state index contributed by atoms with van der Waals surface area (Å²) in [4.78, 5) is 12.2. The van der Waals surface area contributed by atoms with Crippen LogP contribution in [0.15, 0.2) is 24.3 Å². The zero-order valence-corrected chi connectivity index (χ0v) is 11.0. The predicted octanol–water partition coefficient (Wildman–Crippen LogP) is 0.805. The molecule has 1 aliphatic rings. The van der Waals surface area contributed by atoms with Gasteiger partial charge in [0.2, 0.25) is 11.7 Å². The molecule has 1 saturated heterocycles. The number of rotatable bonds is 3. The molecule has 3 N–H and O–H groups in total. The van der Waals surface area contributed by atoms with Crippen molar-refractivity contribution in [2.24, 2.45) is 5.92 Å². The van der Waals surface area contributed by atoms with Crippen LogP contribution in [0.5, 0.6) is 0 Å². The van der Waals surface area contributed by atoms with Crippen LogP contribution in [0.2, 0.25) is 0 Å². The molecule has 0 unspecified atom stereocenters. The van der Waals surface area contributed by atoms with E-state index in [4.69, 9.17) is 0 Å². The topological polar surface area (TPSA) is 95.6 Å². The number of hydrogen-bond donors (Lipinski definition) is 3. The molecule has 0 saturated carbocycles. The number of tetrazole rings is 1. The van der Waals surface area contributed by atoms with Crippen LogP contribution >= 0.6 is 0 Å². The summed E-state index contributed by atoms with van der Waals surface area (Å²) in [7, 11) is 0. The molecule has 0 radical (unpaired) electrons. The summed E-state index contributed by atoms with van der Waals surface area (Å²) in [6.45, 7) is 1.74. The van der Waals surface area contributed by atoms with Gasteiger partial charge in [0, 0.05) is 17.8 Å². The van der Waals surface area contributed by atoms with Gasteiger partial charge in [-0.25, -0.2) is 0 Å². The second-order valence-electron chi connectivity index (χ2n) is 4.85. The predicted molar refractivity (Wildman–Crippen MR) is 73.8 cm³/mol. The number of anilines is 1. The molecule has 7 heteroatoms. The third kappa shape index (κ3) is 2.83. The summed E-state index contributed by atoms with van der Waals surface area (Å²) in [5.41, 5.74) is 1.57. The van der Waals surface area contributed by atoms with Crippen molar-refractivity contribution in [3.63, 3.8) is 0 Å². The van der Waals surface area contributed by atoms with Crippen molar-refractivity contribution in [3.8, 4) is 11.4 Å². The van der Waals surface area contributed by atoms with Gasteiger partial charge in [0.15, 0.2) is 0 Å². The zero-order valence-electron chi connectivity index (χ0n) is 11.0. The lowest BCUT2D eigenvalue weighted by atomic mass is 9.99. The summed E-state index contributed by atoms with van der Waals surface area (Å²) in [5.74, 6) is 0.612. The van der Waals surface area contributed by atoms with Gasteiger partial charge in [0.1, 0.15) is 0 Å². The smallest absolute Gasteiger partial charge is 0.228 e. The van der Waals surface area contributed by atoms with Crippen molar-refractivity contribution in [1.29, 1.82) is 0 Å². The van der Waals surface area contributed by atoms with Crippen LogP contribution in [0.25, 0.3) is 11.4 Å². The summed E-state index contributed by atoms with van der Waals surface area (Å²) in [5, 5.41) is 20.0. The highest BCUT2D eigenvalue weighted by Gasteiger charge is 2.20. The van der Waals surface area contributed by atoms with Gasteiger partial charge in [-0.05, 0) is 36.7 Å². The highest BCUT2D eigenvalue weighted by atomic mass is 16.1. The third-order valence-electron chi connectivity index (χ3n) is 3.40. The molecule has 0 aliphatic carbocycles. The Morgan fingerprint density at radius 1 is 1.40 bits per heavy atom. The number of nitrogens with one attached hydrogen (secondary N) is 3. The van der Waals surface area contributed by atoms with E-state index in [1.807, 2.05) is 24.3 Å². The number of amides is 1. The van der Waals surface area contributed by atoms with Gasteiger partial charge in [-0.3, -0.25) is 4.79 Å². The molecule has 20 heavy (non-hydrogen) atoms. The van der Waals surface area contributed by atoms with Gasteiger partial charge in [-0.2, -0.15) is 5.21 Å². The van der Waals surface area contributed by atoms with Crippen molar-refractivity contribution < 1.29 is 4.79 Å². The third-order valence-corrected chi connectivity index (χ3v) is 3.40. The van der Waals surface area contributed by atoms with Crippen LogP contribution in [0.3, 0.4) is 0 Å². The molecular weight excluding hydrogens is 256 g/mol. The Bertz CT molecular complexity index is 576. The lowest BCUT2D eigenvalue weighted by Gasteiger charge is -2.21. The van der Waals surface area contributed by atoms with E-state index >= 15 is 0 Å². The van der Waals surface area contributed by atoms with Gasteiger partial charge >= 0.3 is 0 Å². The van der Waals surface area contributed by atoms with Crippen LogP contribution in [0, 0.1) is 5.92 Å². The Morgan fingerprint density at radius 3 is 3.10 bits per heavy atom. The molecule has 2 aromatic rings. The van der Waals surface area contributed by atoms with E-state index in [-0.39, 0.29) is 11.8 Å². The second kappa shape index (κ2) is 5.79. The maximum absolute atomic E-state index is 12.2. The van der Waals surface area contributed by atoms with E-state index in [0.29, 0.717) is 5.82 Å². The number of carbonyl (C=O) groups excluding carboxylic acids is 1. The number of carbonyl (C=O) groups is 1. The van der Waals surface area contributed by atoms with Gasteiger partial charge in [-0.15, -0.1) is 10.2 Å². The molecule has 2 heterocycles. The molecule has 1 aromatic carbocycles. The number of H-pyrrole nitrogens is 1. The second-order valence-corrected chi connectivity index (χ2v) is 4.85. The van der Waals surface area contributed by atoms with Crippen LogP contribution in [-0.2, 0) is 4.79 Å². The molecule has 1 aliphatic heterocycles. The normalized spacial score (nSPS) is 18.7. The van der Waals surface area contributed by atoms with E-state index in [2.05, 4.69) is 31.3 Å². The van der Waals surface area contributed by atoms with Crippen molar-refractivity contribution in [1.82, 2.24) is 25.9 Å². The highest BCUT2D eigenvalue weighted by Crippen LogP contribution is 2.20. The first-order valence-electron chi connectivity index (χ1n) is 6.68. The minimum atomic E-state index is 0.0394. The molecule has 1 fully saturated rings. The summed E-state index contributed by atoms with van der Waals surface area (Å²) in [6, 6.07) is 7.44. The number of nitrogens with zero attached hydrogens (tertiary/aromatic N) is 3. The molecule has 1 amide bonds. The summed E-state index contributed by atoms with van der Waals surface area (Å²) >= 11 is 0. The van der Waals surface area contributed by atoms with Crippen molar-refractivity contribution >= 4 is 11.6 Å². The van der Waals surface area contributed by atoms with E-state index in [0.717, 1.165) is 37.2 Å². The molecule has 104 valence electrons. The van der Waals surface area contributed by atoms with Crippen LogP contribution < -0.4 is 10.6 Å². The number of aromatic nitrogens is 4. The van der Waals surface area contributed by atoms with Crippen LogP contribution in [0.4, 0.5) is 5.69 Å². The van der Waals surface area contributed by atoms with Gasteiger partial charge in [0.25, 0.3) is 0 Å². The zero-order chi connectivity index (χ0) is 13.8. The SMILES string of the molecule is O=C(Nc1cccc(-c2nn[nH]n2)c1)[C@H]1CCCNC1. The number of piperidine rings is 1. The maximum atomic E-state index is 12.2. The maximum Gasteiger partial charge on any atom is 0.228 e. The van der Waals surface area contributed by atoms with Gasteiger partial charge in [-0.1, -0.05) is 12.1 Å². The van der Waals surface area contributed by atoms with E-state index in [1.54, 1.807) is 0 Å². The average molecular weight is 272 g/mol. The van der Waals surface area contributed by atoms with Gasteiger partial charge < -0.3 is 10.6 Å². The van der Waals surface area contributed by atoms with Gasteiger partial charge in [0.05, 0.1) is 5.92 Å². The Hall–Kier alpha value is -2.28. The minimum Gasteiger partial charge on any atom is -0.326 e. The minimum absolute atomic E-state index is 0.0394. The largest absolute Gasteiger partial charge is 0.326 e. The van der Waals surface area contributed by atoms with Crippen LogP contribution in [-0.4, -0.2) is 39.6 Å². The fourth-order valence-electron chi connectivity index (χ4n) is 2.34. The molecule has 1 atom stereocenters. The molecule has 1 aromatic heterocycles. The Kier molecular flexibility index (Phi) is 3.69. The molecule has 7 nitrogen and oxygen atoms in total. The first kappa shape index (κ1) is 12.7.